The van der Waals surface area contributed by atoms with E-state index >= 15 is 0 Å². The Bertz CT molecular complexity index is 699. The highest BCUT2D eigenvalue weighted by molar-refractivity contribution is 7.99. The van der Waals surface area contributed by atoms with Gasteiger partial charge in [-0.3, -0.25) is 4.79 Å². The molecule has 0 aliphatic carbocycles. The van der Waals surface area contributed by atoms with Gasteiger partial charge in [-0.2, -0.15) is 11.8 Å². The number of ether oxygens (including phenoxy) is 1. The van der Waals surface area contributed by atoms with E-state index in [1.54, 1.807) is 11.8 Å². The predicted molar refractivity (Wildman–Crippen MR) is 92.2 cm³/mol. The highest BCUT2D eigenvalue weighted by Gasteiger charge is 2.29. The van der Waals surface area contributed by atoms with Gasteiger partial charge in [0.2, 0.25) is 5.91 Å². The van der Waals surface area contributed by atoms with Crippen molar-refractivity contribution in [1.29, 1.82) is 0 Å². The Morgan fingerprint density at radius 2 is 2.17 bits per heavy atom. The number of methoxy groups -OCH3 is 1. The van der Waals surface area contributed by atoms with Crippen LogP contribution in [0.15, 0.2) is 24.3 Å². The molecule has 8 heteroatoms. The molecule has 0 bridgehead atoms. The molecule has 2 heterocycles. The van der Waals surface area contributed by atoms with Crippen LogP contribution in [-0.2, 0) is 11.2 Å². The molecule has 7 nitrogen and oxygen atoms in total. The van der Waals surface area contributed by atoms with Crippen molar-refractivity contribution in [3.63, 3.8) is 0 Å². The lowest BCUT2D eigenvalue weighted by molar-refractivity contribution is -0.134. The fraction of sp³-hybridized carbons (Fsp3) is 0.500. The molecule has 128 valence electrons. The fourth-order valence-electron chi connectivity index (χ4n) is 2.82. The molecular weight excluding hydrogens is 326 g/mol. The molecule has 1 fully saturated rings. The molecule has 1 aromatic heterocycles. The Kier molecular flexibility index (Phi) is 5.34. The molecule has 0 radical (unpaired) electrons. The minimum atomic E-state index is -0.435. The summed E-state index contributed by atoms with van der Waals surface area (Å²) in [5.41, 5.74) is 1.02. The van der Waals surface area contributed by atoms with Crippen LogP contribution >= 0.6 is 11.8 Å². The first-order chi connectivity index (χ1) is 11.7. The third-order valence-corrected chi connectivity index (χ3v) is 5.07. The first-order valence-corrected chi connectivity index (χ1v) is 9.08. The number of carbonyl (C=O) groups is 1. The van der Waals surface area contributed by atoms with Crippen molar-refractivity contribution in [2.75, 3.05) is 31.7 Å². The molecule has 0 unspecified atom stereocenters. The van der Waals surface area contributed by atoms with Gasteiger partial charge in [0, 0.05) is 31.0 Å². The molecule has 1 amide bonds. The SMILES string of the molecule is COc1cccc(C[C@H](C(=O)N2CCSCC2)n2nnnc2C)c1. The third-order valence-electron chi connectivity index (χ3n) is 4.12. The highest BCUT2D eigenvalue weighted by atomic mass is 32.2. The van der Waals surface area contributed by atoms with Crippen molar-refractivity contribution >= 4 is 17.7 Å². The van der Waals surface area contributed by atoms with E-state index in [1.807, 2.05) is 47.9 Å². The maximum Gasteiger partial charge on any atom is 0.247 e. The summed E-state index contributed by atoms with van der Waals surface area (Å²) in [6.07, 6.45) is 0.533. The summed E-state index contributed by atoms with van der Waals surface area (Å²) in [5, 5.41) is 11.7. The molecule has 2 aromatic rings. The number of hydrogen-bond donors (Lipinski definition) is 0. The molecule has 1 aliphatic rings. The number of thioether (sulfide) groups is 1. The van der Waals surface area contributed by atoms with E-state index in [0.29, 0.717) is 12.2 Å². The van der Waals surface area contributed by atoms with Gasteiger partial charge in [-0.05, 0) is 35.0 Å². The minimum absolute atomic E-state index is 0.0773. The number of tetrazole rings is 1. The van der Waals surface area contributed by atoms with E-state index < -0.39 is 6.04 Å². The Hall–Kier alpha value is -2.09. The topological polar surface area (TPSA) is 73.1 Å². The number of amides is 1. The van der Waals surface area contributed by atoms with Crippen LogP contribution in [0.4, 0.5) is 0 Å². The first-order valence-electron chi connectivity index (χ1n) is 7.93. The summed E-state index contributed by atoms with van der Waals surface area (Å²) in [4.78, 5) is 15.0. The van der Waals surface area contributed by atoms with E-state index in [9.17, 15) is 4.79 Å². The van der Waals surface area contributed by atoms with Crippen molar-refractivity contribution in [3.05, 3.63) is 35.7 Å². The quantitative estimate of drug-likeness (QED) is 0.813. The summed E-state index contributed by atoms with van der Waals surface area (Å²) in [5.74, 6) is 3.45. The number of hydrogen-bond acceptors (Lipinski definition) is 6. The number of carbonyl (C=O) groups excluding carboxylic acids is 1. The van der Waals surface area contributed by atoms with Gasteiger partial charge in [-0.15, -0.1) is 5.10 Å². The zero-order chi connectivity index (χ0) is 16.9. The predicted octanol–water partition coefficient (Wildman–Crippen LogP) is 1.35. The van der Waals surface area contributed by atoms with Crippen LogP contribution in [0.25, 0.3) is 0 Å². The van der Waals surface area contributed by atoms with Gasteiger partial charge in [0.25, 0.3) is 0 Å². The molecule has 1 aromatic carbocycles. The monoisotopic (exact) mass is 347 g/mol. The zero-order valence-electron chi connectivity index (χ0n) is 13.9. The lowest BCUT2D eigenvalue weighted by Crippen LogP contribution is -2.43. The standard InChI is InChI=1S/C16H21N5O2S/c1-12-17-18-19-21(12)15(16(22)20-6-8-24-9-7-20)11-13-4-3-5-14(10-13)23-2/h3-5,10,15H,6-9,11H2,1-2H3/t15-/m1/s1. The van der Waals surface area contributed by atoms with E-state index in [-0.39, 0.29) is 5.91 Å². The first kappa shape index (κ1) is 16.8. The molecule has 1 atom stereocenters. The van der Waals surface area contributed by atoms with Crippen LogP contribution in [0, 0.1) is 6.92 Å². The molecule has 1 saturated heterocycles. The van der Waals surface area contributed by atoms with Gasteiger partial charge >= 0.3 is 0 Å². The Morgan fingerprint density at radius 3 is 2.83 bits per heavy atom. The van der Waals surface area contributed by atoms with Crippen molar-refractivity contribution in [2.24, 2.45) is 0 Å². The van der Waals surface area contributed by atoms with Crippen LogP contribution in [0.5, 0.6) is 5.75 Å². The lowest BCUT2D eigenvalue weighted by atomic mass is 10.0. The second kappa shape index (κ2) is 7.65. The van der Waals surface area contributed by atoms with Gasteiger partial charge in [0.05, 0.1) is 7.11 Å². The van der Waals surface area contributed by atoms with Gasteiger partial charge in [0.1, 0.15) is 17.6 Å². The summed E-state index contributed by atoms with van der Waals surface area (Å²) < 4.78 is 6.91. The van der Waals surface area contributed by atoms with Gasteiger partial charge in [0.15, 0.2) is 0 Å². The number of aromatic nitrogens is 4. The Morgan fingerprint density at radius 1 is 1.38 bits per heavy atom. The average Bonchev–Trinajstić information content (AvgIpc) is 3.06. The number of nitrogens with zero attached hydrogens (tertiary/aromatic N) is 5. The second-order valence-electron chi connectivity index (χ2n) is 5.68. The largest absolute Gasteiger partial charge is 0.497 e. The number of benzene rings is 1. The minimum Gasteiger partial charge on any atom is -0.497 e. The van der Waals surface area contributed by atoms with E-state index in [2.05, 4.69) is 15.5 Å². The molecular formula is C16H21N5O2S. The van der Waals surface area contributed by atoms with Gasteiger partial charge < -0.3 is 9.64 Å². The molecule has 3 rings (SSSR count). The smallest absolute Gasteiger partial charge is 0.247 e. The van der Waals surface area contributed by atoms with Crippen molar-refractivity contribution in [1.82, 2.24) is 25.1 Å². The maximum absolute atomic E-state index is 13.1. The average molecular weight is 347 g/mol. The highest BCUT2D eigenvalue weighted by Crippen LogP contribution is 2.22. The fourth-order valence-corrected chi connectivity index (χ4v) is 3.72. The summed E-state index contributed by atoms with van der Waals surface area (Å²) in [6, 6.07) is 7.33. The van der Waals surface area contributed by atoms with Crippen molar-refractivity contribution < 1.29 is 9.53 Å². The zero-order valence-corrected chi connectivity index (χ0v) is 14.7. The molecule has 1 aliphatic heterocycles. The molecule has 0 saturated carbocycles. The van der Waals surface area contributed by atoms with Crippen molar-refractivity contribution in [2.45, 2.75) is 19.4 Å². The molecule has 0 N–H and O–H groups in total. The van der Waals surface area contributed by atoms with Gasteiger partial charge in [-0.25, -0.2) is 4.68 Å². The lowest BCUT2D eigenvalue weighted by Gasteiger charge is -2.30. The van der Waals surface area contributed by atoms with E-state index in [4.69, 9.17) is 4.74 Å². The summed E-state index contributed by atoms with van der Waals surface area (Å²) in [7, 11) is 1.64. The number of rotatable bonds is 5. The summed E-state index contributed by atoms with van der Waals surface area (Å²) >= 11 is 1.88. The Balaban J connectivity index is 1.87. The molecule has 24 heavy (non-hydrogen) atoms. The Labute approximate surface area is 145 Å². The van der Waals surface area contributed by atoms with Gasteiger partial charge in [-0.1, -0.05) is 12.1 Å². The normalized spacial score (nSPS) is 16.0. The van der Waals surface area contributed by atoms with E-state index in [0.717, 1.165) is 35.9 Å². The van der Waals surface area contributed by atoms with Crippen molar-refractivity contribution in [3.8, 4) is 5.75 Å². The van der Waals surface area contributed by atoms with Crippen LogP contribution in [0.3, 0.4) is 0 Å². The summed E-state index contributed by atoms with van der Waals surface area (Å²) in [6.45, 7) is 3.37. The van der Waals surface area contributed by atoms with Crippen LogP contribution in [0.2, 0.25) is 0 Å². The molecule has 0 spiro atoms. The van der Waals surface area contributed by atoms with Crippen LogP contribution in [0.1, 0.15) is 17.4 Å². The second-order valence-corrected chi connectivity index (χ2v) is 6.90. The van der Waals surface area contributed by atoms with E-state index in [1.165, 1.54) is 0 Å². The van der Waals surface area contributed by atoms with Crippen LogP contribution in [-0.4, -0.2) is 62.7 Å². The van der Waals surface area contributed by atoms with Crippen LogP contribution < -0.4 is 4.74 Å². The maximum atomic E-state index is 13.1. The number of aryl methyl sites for hydroxylation is 1. The third kappa shape index (κ3) is 3.69.